The molecule has 3 N–H and O–H groups in total. The van der Waals surface area contributed by atoms with Crippen molar-refractivity contribution in [1.82, 2.24) is 19.5 Å². The van der Waals surface area contributed by atoms with E-state index < -0.39 is 24.5 Å². The van der Waals surface area contributed by atoms with Crippen LogP contribution in [0.5, 0.6) is 0 Å². The fraction of sp³-hybridized carbons (Fsp3) is 0.409. The van der Waals surface area contributed by atoms with E-state index in [1.807, 2.05) is 0 Å². The number of ether oxygens (including phenoxy) is 1. The number of imidazole rings is 1. The number of anilines is 1. The van der Waals surface area contributed by atoms with Gasteiger partial charge in [-0.15, -0.1) is 0 Å². The van der Waals surface area contributed by atoms with Crippen LogP contribution in [0.15, 0.2) is 43.0 Å². The van der Waals surface area contributed by atoms with Crippen LogP contribution >= 0.6 is 0 Å². The molecule has 1 aliphatic heterocycles. The van der Waals surface area contributed by atoms with E-state index in [4.69, 9.17) is 4.74 Å². The number of aromatic nitrogens is 4. The van der Waals surface area contributed by atoms with Gasteiger partial charge < -0.3 is 20.3 Å². The molecular weight excluding hydrogens is 401 g/mol. The van der Waals surface area contributed by atoms with Crippen LogP contribution in [0, 0.1) is 11.7 Å². The Morgan fingerprint density at radius 1 is 1.16 bits per heavy atom. The molecule has 3 heterocycles. The molecule has 5 rings (SSSR count). The lowest BCUT2D eigenvalue weighted by atomic mass is 9.85. The Morgan fingerprint density at radius 2 is 2.00 bits per heavy atom. The van der Waals surface area contributed by atoms with Crippen molar-refractivity contribution in [2.24, 2.45) is 5.92 Å². The van der Waals surface area contributed by atoms with E-state index in [9.17, 15) is 14.6 Å². The van der Waals surface area contributed by atoms with Gasteiger partial charge in [-0.3, -0.25) is 4.57 Å². The number of rotatable bonds is 6. The quantitative estimate of drug-likeness (QED) is 0.557. The van der Waals surface area contributed by atoms with E-state index in [0.717, 1.165) is 6.54 Å². The number of aliphatic hydroxyl groups is 2. The van der Waals surface area contributed by atoms with Crippen molar-refractivity contribution in [3.63, 3.8) is 0 Å². The summed E-state index contributed by atoms with van der Waals surface area (Å²) < 4.78 is 21.3. The second-order valence-corrected chi connectivity index (χ2v) is 8.08. The van der Waals surface area contributed by atoms with E-state index in [2.05, 4.69) is 20.3 Å². The van der Waals surface area contributed by atoms with Crippen LogP contribution in [-0.4, -0.2) is 54.6 Å². The second-order valence-electron chi connectivity index (χ2n) is 8.08. The van der Waals surface area contributed by atoms with Crippen molar-refractivity contribution in [2.75, 3.05) is 11.9 Å². The topological polar surface area (TPSA) is 105 Å². The Bertz CT molecular complexity index is 1100. The van der Waals surface area contributed by atoms with Crippen LogP contribution in [0.1, 0.15) is 31.1 Å². The highest BCUT2D eigenvalue weighted by Crippen LogP contribution is 2.33. The van der Waals surface area contributed by atoms with Gasteiger partial charge in [0.25, 0.3) is 0 Å². The van der Waals surface area contributed by atoms with E-state index >= 15 is 0 Å². The van der Waals surface area contributed by atoms with Crippen LogP contribution < -0.4 is 5.32 Å². The van der Waals surface area contributed by atoms with Crippen molar-refractivity contribution in [1.29, 1.82) is 0 Å². The summed E-state index contributed by atoms with van der Waals surface area (Å²) in [4.78, 5) is 13.0. The van der Waals surface area contributed by atoms with Gasteiger partial charge in [0.05, 0.1) is 6.33 Å². The summed E-state index contributed by atoms with van der Waals surface area (Å²) in [5, 5.41) is 24.4. The molecule has 4 atom stereocenters. The number of aliphatic hydroxyl groups excluding tert-OH is 2. The molecule has 0 spiro atoms. The molecule has 1 aliphatic carbocycles. The van der Waals surface area contributed by atoms with Crippen LogP contribution in [0.25, 0.3) is 17.2 Å². The maximum atomic E-state index is 13.9. The Kier molecular flexibility index (Phi) is 5.39. The minimum Gasteiger partial charge on any atom is -0.387 e. The van der Waals surface area contributed by atoms with E-state index in [1.54, 1.807) is 28.8 Å². The number of hydrogen-bond donors (Lipinski definition) is 3. The van der Waals surface area contributed by atoms with Crippen LogP contribution in [0.4, 0.5) is 10.2 Å². The SMILES string of the molecule is O[C@@H]1[C@H](O)[C@@H](C=Cc2ccccc2F)O[C@H]1n1cnc2c(NCC3CCC3)ncnc21. The third-order valence-corrected chi connectivity index (χ3v) is 6.06. The summed E-state index contributed by atoms with van der Waals surface area (Å²) in [5.74, 6) is 0.923. The highest BCUT2D eigenvalue weighted by atomic mass is 19.1. The third kappa shape index (κ3) is 3.80. The number of nitrogens with one attached hydrogen (secondary N) is 1. The van der Waals surface area contributed by atoms with Gasteiger partial charge in [-0.1, -0.05) is 36.8 Å². The van der Waals surface area contributed by atoms with Gasteiger partial charge in [-0.2, -0.15) is 0 Å². The number of halogens is 1. The lowest BCUT2D eigenvalue weighted by Gasteiger charge is -2.25. The van der Waals surface area contributed by atoms with Gasteiger partial charge in [0.1, 0.15) is 30.5 Å². The Labute approximate surface area is 178 Å². The summed E-state index contributed by atoms with van der Waals surface area (Å²) in [7, 11) is 0. The third-order valence-electron chi connectivity index (χ3n) is 6.06. The minimum absolute atomic E-state index is 0.373. The first-order valence-corrected chi connectivity index (χ1v) is 10.5. The smallest absolute Gasteiger partial charge is 0.167 e. The number of hydrogen-bond acceptors (Lipinski definition) is 7. The maximum Gasteiger partial charge on any atom is 0.167 e. The molecule has 2 aliphatic rings. The largest absolute Gasteiger partial charge is 0.387 e. The summed E-state index contributed by atoms with van der Waals surface area (Å²) in [5.41, 5.74) is 1.46. The summed E-state index contributed by atoms with van der Waals surface area (Å²) in [6.45, 7) is 0.836. The summed E-state index contributed by atoms with van der Waals surface area (Å²) >= 11 is 0. The molecule has 2 fully saturated rings. The Hall–Kier alpha value is -2.88. The van der Waals surface area contributed by atoms with Gasteiger partial charge in [-0.05, 0) is 24.8 Å². The molecule has 0 radical (unpaired) electrons. The summed E-state index contributed by atoms with van der Waals surface area (Å²) in [6, 6.07) is 6.31. The highest BCUT2D eigenvalue weighted by Gasteiger charge is 2.43. The zero-order valence-corrected chi connectivity index (χ0v) is 16.8. The van der Waals surface area contributed by atoms with Crippen LogP contribution in [-0.2, 0) is 4.74 Å². The average Bonchev–Trinajstić information content (AvgIpc) is 3.28. The van der Waals surface area contributed by atoms with Crippen molar-refractivity contribution in [2.45, 2.75) is 43.8 Å². The number of nitrogens with zero attached hydrogens (tertiary/aromatic N) is 4. The van der Waals surface area contributed by atoms with Crippen molar-refractivity contribution in [3.8, 4) is 0 Å². The van der Waals surface area contributed by atoms with Gasteiger partial charge in [0.2, 0.25) is 0 Å². The predicted molar refractivity (Wildman–Crippen MR) is 113 cm³/mol. The molecule has 1 aromatic carbocycles. The van der Waals surface area contributed by atoms with E-state index in [1.165, 1.54) is 44.1 Å². The number of fused-ring (bicyclic) bond motifs is 1. The van der Waals surface area contributed by atoms with E-state index in [-0.39, 0.29) is 5.82 Å². The molecule has 31 heavy (non-hydrogen) atoms. The fourth-order valence-corrected chi connectivity index (χ4v) is 3.99. The molecule has 9 heteroatoms. The molecule has 1 saturated heterocycles. The molecule has 8 nitrogen and oxygen atoms in total. The first-order valence-electron chi connectivity index (χ1n) is 10.5. The first kappa shape index (κ1) is 20.0. The van der Waals surface area contributed by atoms with Gasteiger partial charge in [-0.25, -0.2) is 19.3 Å². The van der Waals surface area contributed by atoms with Gasteiger partial charge in [0.15, 0.2) is 23.2 Å². The Balaban J connectivity index is 1.36. The van der Waals surface area contributed by atoms with Gasteiger partial charge in [0, 0.05) is 12.1 Å². The van der Waals surface area contributed by atoms with Crippen molar-refractivity contribution >= 4 is 23.1 Å². The molecule has 162 valence electrons. The maximum absolute atomic E-state index is 13.9. The minimum atomic E-state index is -1.20. The van der Waals surface area contributed by atoms with Gasteiger partial charge >= 0.3 is 0 Å². The Morgan fingerprint density at radius 3 is 2.77 bits per heavy atom. The van der Waals surface area contributed by atoms with Crippen molar-refractivity contribution < 1.29 is 19.3 Å². The molecule has 0 bridgehead atoms. The highest BCUT2D eigenvalue weighted by molar-refractivity contribution is 5.82. The molecule has 3 aromatic rings. The monoisotopic (exact) mass is 425 g/mol. The second kappa shape index (κ2) is 8.33. The lowest BCUT2D eigenvalue weighted by Crippen LogP contribution is -2.30. The average molecular weight is 425 g/mol. The first-order chi connectivity index (χ1) is 15.1. The van der Waals surface area contributed by atoms with E-state index in [0.29, 0.717) is 28.5 Å². The molecule has 2 aromatic heterocycles. The standard InChI is InChI=1S/C22H24FN5O3/c23-15-7-2-1-6-14(15)8-9-16-18(29)19(30)22(31-16)28-12-27-17-20(25-11-26-21(17)28)24-10-13-4-3-5-13/h1-2,6-9,11-13,16,18-19,22,29-30H,3-5,10H2,(H,24,25,26)/t16-,18-,19-,22-/m1/s1. The van der Waals surface area contributed by atoms with Crippen molar-refractivity contribution in [3.05, 3.63) is 54.4 Å². The fourth-order valence-electron chi connectivity index (χ4n) is 3.99. The van der Waals surface area contributed by atoms with Crippen LogP contribution in [0.3, 0.4) is 0 Å². The summed E-state index contributed by atoms with van der Waals surface area (Å²) in [6.07, 6.45) is 5.69. The predicted octanol–water partition coefficient (Wildman–Crippen LogP) is 2.51. The lowest BCUT2D eigenvalue weighted by molar-refractivity contribution is -0.0243. The molecule has 0 amide bonds. The molecule has 1 saturated carbocycles. The normalized spacial score (nSPS) is 26.5. The molecular formula is C22H24FN5O3. The molecule has 0 unspecified atom stereocenters. The van der Waals surface area contributed by atoms with Crippen LogP contribution in [0.2, 0.25) is 0 Å². The number of benzene rings is 1. The zero-order chi connectivity index (χ0) is 21.4. The zero-order valence-electron chi connectivity index (χ0n) is 16.8.